The van der Waals surface area contributed by atoms with Crippen LogP contribution in [0.1, 0.15) is 29.6 Å². The molecule has 1 aliphatic rings. The van der Waals surface area contributed by atoms with Crippen LogP contribution in [0, 0.1) is 5.92 Å². The second-order valence-electron chi connectivity index (χ2n) is 4.03. The summed E-state index contributed by atoms with van der Waals surface area (Å²) in [4.78, 5) is 10.9. The average molecular weight is 241 g/mol. The van der Waals surface area contributed by atoms with Gasteiger partial charge in [-0.3, -0.25) is 0 Å². The van der Waals surface area contributed by atoms with Crippen molar-refractivity contribution >= 4 is 17.6 Å². The molecule has 4 heteroatoms. The normalized spacial score (nSPS) is 14.8. The highest BCUT2D eigenvalue weighted by molar-refractivity contribution is 6.30. The lowest BCUT2D eigenvalue weighted by molar-refractivity contribution is 0.0692. The Hall–Kier alpha value is -1.22. The molecule has 16 heavy (non-hydrogen) atoms. The molecule has 86 valence electrons. The van der Waals surface area contributed by atoms with Crippen molar-refractivity contribution < 1.29 is 14.6 Å². The van der Waals surface area contributed by atoms with Crippen LogP contribution in [0.5, 0.6) is 5.75 Å². The molecule has 2 rings (SSSR count). The Morgan fingerprint density at radius 3 is 2.88 bits per heavy atom. The Bertz CT molecular complexity index is 399. The molecule has 3 nitrogen and oxygen atoms in total. The molecule has 0 saturated heterocycles. The molecular weight excluding hydrogens is 228 g/mol. The zero-order valence-electron chi connectivity index (χ0n) is 8.78. The first-order chi connectivity index (χ1) is 7.66. The van der Waals surface area contributed by atoms with Crippen molar-refractivity contribution in [1.29, 1.82) is 0 Å². The third-order valence-corrected chi connectivity index (χ3v) is 2.89. The fourth-order valence-corrected chi connectivity index (χ4v) is 1.70. The Balaban J connectivity index is 2.03. The van der Waals surface area contributed by atoms with Gasteiger partial charge in [0.25, 0.3) is 0 Å². The van der Waals surface area contributed by atoms with Gasteiger partial charge >= 0.3 is 5.97 Å². The van der Waals surface area contributed by atoms with Gasteiger partial charge in [0.05, 0.1) is 6.61 Å². The summed E-state index contributed by atoms with van der Waals surface area (Å²) >= 11 is 5.80. The molecule has 0 heterocycles. The van der Waals surface area contributed by atoms with Gasteiger partial charge in [0.1, 0.15) is 11.3 Å². The summed E-state index contributed by atoms with van der Waals surface area (Å²) in [5.74, 6) is 0.145. The highest BCUT2D eigenvalue weighted by Gasteiger charge is 2.21. The van der Waals surface area contributed by atoms with Crippen molar-refractivity contribution in [2.45, 2.75) is 19.3 Å². The van der Waals surface area contributed by atoms with Gasteiger partial charge < -0.3 is 9.84 Å². The molecule has 0 amide bonds. The van der Waals surface area contributed by atoms with E-state index in [1.54, 1.807) is 12.1 Å². The molecule has 0 aromatic heterocycles. The summed E-state index contributed by atoms with van der Waals surface area (Å²) in [6.45, 7) is 0.561. The lowest BCUT2D eigenvalue weighted by atomic mass is 10.2. The SMILES string of the molecule is O=C(O)c1ccc(Cl)cc1OCCC1CC1. The number of ether oxygens (including phenoxy) is 1. The summed E-state index contributed by atoms with van der Waals surface area (Å²) in [5, 5.41) is 9.45. The summed E-state index contributed by atoms with van der Waals surface area (Å²) in [6, 6.07) is 4.58. The predicted molar refractivity (Wildman–Crippen MR) is 61.2 cm³/mol. The summed E-state index contributed by atoms with van der Waals surface area (Å²) in [5.41, 5.74) is 0.167. The van der Waals surface area contributed by atoms with E-state index in [0.717, 1.165) is 12.3 Å². The maximum absolute atomic E-state index is 10.9. The number of carboxylic acids is 1. The fourth-order valence-electron chi connectivity index (χ4n) is 1.53. The average Bonchev–Trinajstić information content (AvgIpc) is 3.01. The zero-order valence-corrected chi connectivity index (χ0v) is 9.54. The van der Waals surface area contributed by atoms with Crippen molar-refractivity contribution in [3.05, 3.63) is 28.8 Å². The minimum atomic E-state index is -0.988. The number of rotatable bonds is 5. The van der Waals surface area contributed by atoms with Gasteiger partial charge in [-0.25, -0.2) is 4.79 Å². The van der Waals surface area contributed by atoms with Gasteiger partial charge in [-0.1, -0.05) is 24.4 Å². The fraction of sp³-hybridized carbons (Fsp3) is 0.417. The molecule has 1 aromatic carbocycles. The van der Waals surface area contributed by atoms with Gasteiger partial charge in [-0.05, 0) is 30.5 Å². The molecule has 1 aromatic rings. The van der Waals surface area contributed by atoms with E-state index in [2.05, 4.69) is 0 Å². The Labute approximate surface area is 99.0 Å². The number of hydrogen-bond acceptors (Lipinski definition) is 2. The molecule has 0 radical (unpaired) electrons. The van der Waals surface area contributed by atoms with Crippen LogP contribution in [-0.4, -0.2) is 17.7 Å². The maximum Gasteiger partial charge on any atom is 0.339 e. The monoisotopic (exact) mass is 240 g/mol. The number of aromatic carboxylic acids is 1. The van der Waals surface area contributed by atoms with Crippen molar-refractivity contribution in [3.8, 4) is 5.75 Å². The summed E-state index contributed by atoms with van der Waals surface area (Å²) in [6.07, 6.45) is 3.53. The number of carbonyl (C=O) groups is 1. The number of benzene rings is 1. The van der Waals surface area contributed by atoms with E-state index in [9.17, 15) is 4.79 Å². The highest BCUT2D eigenvalue weighted by Crippen LogP contribution is 2.32. The van der Waals surface area contributed by atoms with Crippen molar-refractivity contribution in [1.82, 2.24) is 0 Å². The van der Waals surface area contributed by atoms with E-state index in [0.29, 0.717) is 17.4 Å². The van der Waals surface area contributed by atoms with Crippen LogP contribution in [0.4, 0.5) is 0 Å². The smallest absolute Gasteiger partial charge is 0.339 e. The van der Waals surface area contributed by atoms with Gasteiger partial charge in [0, 0.05) is 5.02 Å². The molecule has 0 atom stereocenters. The van der Waals surface area contributed by atoms with Gasteiger partial charge in [-0.15, -0.1) is 0 Å². The van der Waals surface area contributed by atoms with Crippen LogP contribution < -0.4 is 4.74 Å². The minimum Gasteiger partial charge on any atom is -0.493 e. The van der Waals surface area contributed by atoms with E-state index in [-0.39, 0.29) is 5.56 Å². The van der Waals surface area contributed by atoms with Crippen LogP contribution in [0.15, 0.2) is 18.2 Å². The quantitative estimate of drug-likeness (QED) is 0.860. The van der Waals surface area contributed by atoms with Crippen LogP contribution in [0.3, 0.4) is 0 Å². The van der Waals surface area contributed by atoms with Crippen LogP contribution >= 0.6 is 11.6 Å². The van der Waals surface area contributed by atoms with Gasteiger partial charge in [0.2, 0.25) is 0 Å². The van der Waals surface area contributed by atoms with Gasteiger partial charge in [0.15, 0.2) is 0 Å². The van der Waals surface area contributed by atoms with Crippen LogP contribution in [0.25, 0.3) is 0 Å². The van der Waals surface area contributed by atoms with Crippen molar-refractivity contribution in [2.75, 3.05) is 6.61 Å². The van der Waals surface area contributed by atoms with E-state index < -0.39 is 5.97 Å². The molecule has 1 fully saturated rings. The first kappa shape index (κ1) is 11.3. The molecular formula is C12H13ClO3. The van der Waals surface area contributed by atoms with Crippen molar-refractivity contribution in [2.24, 2.45) is 5.92 Å². The largest absolute Gasteiger partial charge is 0.493 e. The van der Waals surface area contributed by atoms with Crippen LogP contribution in [0.2, 0.25) is 5.02 Å². The summed E-state index contributed by atoms with van der Waals surface area (Å²) in [7, 11) is 0. The first-order valence-electron chi connectivity index (χ1n) is 5.32. The van der Waals surface area contributed by atoms with Crippen LogP contribution in [-0.2, 0) is 0 Å². The number of carboxylic acid groups (broad SMARTS) is 1. The second-order valence-corrected chi connectivity index (χ2v) is 4.46. The Morgan fingerprint density at radius 2 is 2.25 bits per heavy atom. The van der Waals surface area contributed by atoms with E-state index >= 15 is 0 Å². The number of hydrogen-bond donors (Lipinski definition) is 1. The van der Waals surface area contributed by atoms with Crippen molar-refractivity contribution in [3.63, 3.8) is 0 Å². The summed E-state index contributed by atoms with van der Waals surface area (Å²) < 4.78 is 5.46. The predicted octanol–water partition coefficient (Wildman–Crippen LogP) is 3.22. The molecule has 0 spiro atoms. The van der Waals surface area contributed by atoms with E-state index in [1.807, 2.05) is 0 Å². The topological polar surface area (TPSA) is 46.5 Å². The molecule has 1 N–H and O–H groups in total. The maximum atomic E-state index is 10.9. The second kappa shape index (κ2) is 4.74. The molecule has 0 unspecified atom stereocenters. The number of halogens is 1. The Morgan fingerprint density at radius 1 is 1.50 bits per heavy atom. The first-order valence-corrected chi connectivity index (χ1v) is 5.70. The van der Waals surface area contributed by atoms with E-state index in [4.69, 9.17) is 21.4 Å². The molecule has 0 aliphatic heterocycles. The molecule has 0 bridgehead atoms. The molecule has 1 saturated carbocycles. The van der Waals surface area contributed by atoms with E-state index in [1.165, 1.54) is 18.9 Å². The lowest BCUT2D eigenvalue weighted by Gasteiger charge is -2.08. The minimum absolute atomic E-state index is 0.167. The standard InChI is InChI=1S/C12H13ClO3/c13-9-3-4-10(12(14)15)11(7-9)16-6-5-8-1-2-8/h3-4,7-8H,1-2,5-6H2,(H,14,15). The third-order valence-electron chi connectivity index (χ3n) is 2.65. The lowest BCUT2D eigenvalue weighted by Crippen LogP contribution is -2.04. The zero-order chi connectivity index (χ0) is 11.5. The third kappa shape index (κ3) is 2.89. The van der Waals surface area contributed by atoms with Gasteiger partial charge in [-0.2, -0.15) is 0 Å². The Kier molecular flexibility index (Phi) is 3.34. The highest BCUT2D eigenvalue weighted by atomic mass is 35.5. The molecule has 1 aliphatic carbocycles.